The summed E-state index contributed by atoms with van der Waals surface area (Å²) in [5.41, 5.74) is 3.14. The van der Waals surface area contributed by atoms with E-state index in [0.717, 1.165) is 30.0 Å². The van der Waals surface area contributed by atoms with E-state index in [1.807, 2.05) is 59.5 Å². The van der Waals surface area contributed by atoms with Crippen molar-refractivity contribution in [3.63, 3.8) is 0 Å². The molecular formula is C21H23N3O2. The number of carbonyl (C=O) groups excluding carboxylic acids is 1. The fraction of sp³-hybridized carbons (Fsp3) is 0.333. The Morgan fingerprint density at radius 2 is 1.65 bits per heavy atom. The van der Waals surface area contributed by atoms with Crippen LogP contribution in [0.3, 0.4) is 0 Å². The normalized spacial score (nSPS) is 24.9. The van der Waals surface area contributed by atoms with Crippen LogP contribution in [0.1, 0.15) is 19.4 Å². The molecule has 4 rings (SSSR count). The first-order valence-corrected chi connectivity index (χ1v) is 9.04. The number of nitrogens with zero attached hydrogens (tertiary/aromatic N) is 3. The van der Waals surface area contributed by atoms with Crippen molar-refractivity contribution in [2.75, 3.05) is 24.7 Å². The summed E-state index contributed by atoms with van der Waals surface area (Å²) in [6, 6.07) is 17.5. The van der Waals surface area contributed by atoms with Crippen molar-refractivity contribution in [3.05, 3.63) is 60.2 Å². The molecule has 0 spiro atoms. The predicted molar refractivity (Wildman–Crippen MR) is 103 cm³/mol. The molecule has 1 saturated heterocycles. The van der Waals surface area contributed by atoms with Gasteiger partial charge in [0.15, 0.2) is 0 Å². The van der Waals surface area contributed by atoms with E-state index in [2.05, 4.69) is 23.7 Å². The van der Waals surface area contributed by atoms with Gasteiger partial charge in [-0.1, -0.05) is 36.4 Å². The third-order valence-corrected chi connectivity index (χ3v) is 4.73. The van der Waals surface area contributed by atoms with Crippen LogP contribution in [0.25, 0.3) is 0 Å². The molecule has 26 heavy (non-hydrogen) atoms. The van der Waals surface area contributed by atoms with Gasteiger partial charge in [0.1, 0.15) is 5.71 Å². The van der Waals surface area contributed by atoms with E-state index in [0.29, 0.717) is 12.4 Å². The number of aliphatic imine (C=N–C) groups is 1. The fourth-order valence-electron chi connectivity index (χ4n) is 3.74. The monoisotopic (exact) mass is 349 g/mol. The van der Waals surface area contributed by atoms with Crippen LogP contribution < -0.4 is 4.90 Å². The standard InChI is InChI=1S/C21H23N3O2/c1-15-12-23(13-16(2)26-15)14-24-19-11-7-6-10-18(19)20(21(24)25)22-17-8-4-3-5-9-17/h3-11,15-16H,12-14H2,1-2H3/t15-,16+. The molecule has 0 aromatic heterocycles. The summed E-state index contributed by atoms with van der Waals surface area (Å²) in [6.45, 7) is 6.35. The Hall–Kier alpha value is -2.50. The lowest BCUT2D eigenvalue weighted by Crippen LogP contribution is -2.50. The van der Waals surface area contributed by atoms with E-state index < -0.39 is 0 Å². The number of anilines is 1. The first-order valence-electron chi connectivity index (χ1n) is 9.04. The van der Waals surface area contributed by atoms with Crippen molar-refractivity contribution in [1.29, 1.82) is 0 Å². The Balaban J connectivity index is 1.65. The molecule has 2 aliphatic rings. The molecule has 0 N–H and O–H groups in total. The molecule has 2 aromatic carbocycles. The van der Waals surface area contributed by atoms with Gasteiger partial charge in [0.05, 0.1) is 30.3 Å². The van der Waals surface area contributed by atoms with E-state index in [1.54, 1.807) is 0 Å². The minimum absolute atomic E-state index is 0.0400. The highest BCUT2D eigenvalue weighted by Crippen LogP contribution is 2.31. The summed E-state index contributed by atoms with van der Waals surface area (Å²) < 4.78 is 5.81. The summed E-state index contributed by atoms with van der Waals surface area (Å²) in [7, 11) is 0. The predicted octanol–water partition coefficient (Wildman–Crippen LogP) is 3.22. The van der Waals surface area contributed by atoms with E-state index >= 15 is 0 Å². The van der Waals surface area contributed by atoms with Gasteiger partial charge >= 0.3 is 0 Å². The van der Waals surface area contributed by atoms with Crippen LogP contribution in [-0.2, 0) is 9.53 Å². The van der Waals surface area contributed by atoms with Crippen LogP contribution >= 0.6 is 0 Å². The highest BCUT2D eigenvalue weighted by atomic mass is 16.5. The number of fused-ring (bicyclic) bond motifs is 1. The molecule has 1 amide bonds. The molecule has 134 valence electrons. The first-order chi connectivity index (χ1) is 12.6. The Labute approximate surface area is 153 Å². The molecule has 2 aromatic rings. The number of morpholine rings is 1. The third-order valence-electron chi connectivity index (χ3n) is 4.73. The van der Waals surface area contributed by atoms with Crippen LogP contribution in [0.15, 0.2) is 59.6 Å². The summed E-state index contributed by atoms with van der Waals surface area (Å²) >= 11 is 0. The van der Waals surface area contributed by atoms with Crippen molar-refractivity contribution >= 4 is 23.0 Å². The molecule has 0 radical (unpaired) electrons. The van der Waals surface area contributed by atoms with Gasteiger partial charge in [-0.05, 0) is 32.0 Å². The quantitative estimate of drug-likeness (QED) is 0.855. The maximum atomic E-state index is 13.1. The molecule has 1 fully saturated rings. The van der Waals surface area contributed by atoms with Gasteiger partial charge in [0, 0.05) is 18.7 Å². The highest BCUT2D eigenvalue weighted by Gasteiger charge is 2.35. The lowest BCUT2D eigenvalue weighted by molar-refractivity contribution is -0.113. The second-order valence-electron chi connectivity index (χ2n) is 6.98. The molecule has 5 nitrogen and oxygen atoms in total. The minimum Gasteiger partial charge on any atom is -0.373 e. The molecule has 2 atom stereocenters. The van der Waals surface area contributed by atoms with E-state index in [4.69, 9.17) is 4.74 Å². The Morgan fingerprint density at radius 3 is 2.38 bits per heavy atom. The molecule has 0 bridgehead atoms. The molecule has 2 heterocycles. The number of carbonyl (C=O) groups is 1. The maximum absolute atomic E-state index is 13.1. The topological polar surface area (TPSA) is 45.1 Å². The summed E-state index contributed by atoms with van der Waals surface area (Å²) in [5, 5.41) is 0. The molecule has 2 aliphatic heterocycles. The number of ether oxygens (including phenoxy) is 1. The van der Waals surface area contributed by atoms with Crippen molar-refractivity contribution in [2.24, 2.45) is 4.99 Å². The lowest BCUT2D eigenvalue weighted by atomic mass is 10.1. The molecule has 0 saturated carbocycles. The highest BCUT2D eigenvalue weighted by molar-refractivity contribution is 6.54. The SMILES string of the molecule is C[C@@H]1CN(CN2C(=O)C(=Nc3ccccc3)c3ccccc32)C[C@H](C)O1. The van der Waals surface area contributed by atoms with Gasteiger partial charge in [0.2, 0.25) is 0 Å². The zero-order valence-corrected chi connectivity index (χ0v) is 15.1. The molecule has 0 aliphatic carbocycles. The minimum atomic E-state index is -0.0400. The second-order valence-corrected chi connectivity index (χ2v) is 6.98. The third kappa shape index (κ3) is 3.28. The van der Waals surface area contributed by atoms with Crippen molar-refractivity contribution in [3.8, 4) is 0 Å². The summed E-state index contributed by atoms with van der Waals surface area (Å²) in [4.78, 5) is 21.9. The average Bonchev–Trinajstić information content (AvgIpc) is 2.88. The average molecular weight is 349 g/mol. The summed E-state index contributed by atoms with van der Waals surface area (Å²) in [5.74, 6) is -0.0400. The number of para-hydroxylation sites is 2. The lowest BCUT2D eigenvalue weighted by Gasteiger charge is -2.37. The van der Waals surface area contributed by atoms with Crippen LogP contribution in [0.2, 0.25) is 0 Å². The second kappa shape index (κ2) is 7.02. The largest absolute Gasteiger partial charge is 0.373 e. The van der Waals surface area contributed by atoms with Crippen molar-refractivity contribution in [1.82, 2.24) is 4.90 Å². The van der Waals surface area contributed by atoms with Crippen molar-refractivity contribution < 1.29 is 9.53 Å². The Morgan fingerprint density at radius 1 is 1.00 bits per heavy atom. The number of hydrogen-bond acceptors (Lipinski definition) is 4. The van der Waals surface area contributed by atoms with E-state index in [9.17, 15) is 4.79 Å². The van der Waals surface area contributed by atoms with Gasteiger partial charge in [-0.3, -0.25) is 14.6 Å². The van der Waals surface area contributed by atoms with Gasteiger partial charge in [0.25, 0.3) is 5.91 Å². The number of rotatable bonds is 3. The van der Waals surface area contributed by atoms with E-state index in [-0.39, 0.29) is 18.1 Å². The number of benzene rings is 2. The zero-order chi connectivity index (χ0) is 18.1. The fourth-order valence-corrected chi connectivity index (χ4v) is 3.74. The van der Waals surface area contributed by atoms with E-state index in [1.165, 1.54) is 0 Å². The van der Waals surface area contributed by atoms with Crippen LogP contribution in [-0.4, -0.2) is 48.5 Å². The zero-order valence-electron chi connectivity index (χ0n) is 15.1. The first kappa shape index (κ1) is 16.9. The van der Waals surface area contributed by atoms with Gasteiger partial charge in [-0.15, -0.1) is 0 Å². The van der Waals surface area contributed by atoms with Gasteiger partial charge in [-0.25, -0.2) is 4.99 Å². The molecule has 5 heteroatoms. The maximum Gasteiger partial charge on any atom is 0.278 e. The van der Waals surface area contributed by atoms with Crippen LogP contribution in [0.4, 0.5) is 11.4 Å². The van der Waals surface area contributed by atoms with Crippen molar-refractivity contribution in [2.45, 2.75) is 26.1 Å². The van der Waals surface area contributed by atoms with Crippen LogP contribution in [0, 0.1) is 0 Å². The smallest absolute Gasteiger partial charge is 0.278 e. The number of amides is 1. The van der Waals surface area contributed by atoms with Crippen LogP contribution in [0.5, 0.6) is 0 Å². The van der Waals surface area contributed by atoms with Gasteiger partial charge in [-0.2, -0.15) is 0 Å². The number of hydrogen-bond donors (Lipinski definition) is 0. The summed E-state index contributed by atoms with van der Waals surface area (Å²) in [6.07, 6.45) is 0.341. The Kier molecular flexibility index (Phi) is 4.57. The molecule has 0 unspecified atom stereocenters. The molecular weight excluding hydrogens is 326 g/mol. The Bertz CT molecular complexity index is 824. The van der Waals surface area contributed by atoms with Gasteiger partial charge < -0.3 is 4.74 Å².